The Morgan fingerprint density at radius 2 is 2.09 bits per heavy atom. The Hall–Kier alpha value is -0.810. The van der Waals surface area contributed by atoms with Crippen LogP contribution in [-0.2, 0) is 9.47 Å². The van der Waals surface area contributed by atoms with Crippen LogP contribution in [0.15, 0.2) is 0 Å². The second kappa shape index (κ2) is 6.36. The van der Waals surface area contributed by atoms with E-state index in [1.807, 2.05) is 20.8 Å². The smallest absolute Gasteiger partial charge is 0.410 e. The van der Waals surface area contributed by atoms with Gasteiger partial charge < -0.3 is 19.7 Å². The van der Waals surface area contributed by atoms with Gasteiger partial charge in [0.25, 0.3) is 0 Å². The molecule has 1 amide bonds. The average molecular weight is 312 g/mol. The maximum Gasteiger partial charge on any atom is 0.410 e. The average Bonchev–Trinajstić information content (AvgIpc) is 2.82. The minimum Gasteiger partial charge on any atom is -0.444 e. The van der Waals surface area contributed by atoms with Crippen molar-refractivity contribution in [3.8, 4) is 0 Å². The molecule has 2 fully saturated rings. The number of hydrogen-bond acceptors (Lipinski definition) is 4. The molecule has 1 N–H and O–H groups in total. The highest BCUT2D eigenvalue weighted by atomic mass is 16.6. The Kier molecular flexibility index (Phi) is 5.07. The van der Waals surface area contributed by atoms with Crippen LogP contribution in [0.3, 0.4) is 0 Å². The molecule has 1 saturated carbocycles. The molecule has 5 heteroatoms. The van der Waals surface area contributed by atoms with Crippen molar-refractivity contribution in [1.82, 2.24) is 10.2 Å². The Balaban J connectivity index is 1.66. The largest absolute Gasteiger partial charge is 0.444 e. The summed E-state index contributed by atoms with van der Waals surface area (Å²) in [5, 5.41) is 3.66. The minimum absolute atomic E-state index is 0.220. The molecule has 22 heavy (non-hydrogen) atoms. The molecule has 2 rings (SSSR count). The van der Waals surface area contributed by atoms with Crippen LogP contribution in [0.5, 0.6) is 0 Å². The van der Waals surface area contributed by atoms with Gasteiger partial charge >= 0.3 is 6.09 Å². The third-order valence-corrected chi connectivity index (χ3v) is 4.84. The summed E-state index contributed by atoms with van der Waals surface area (Å²) >= 11 is 0. The van der Waals surface area contributed by atoms with Crippen molar-refractivity contribution in [2.45, 2.75) is 65.2 Å². The zero-order valence-electron chi connectivity index (χ0n) is 14.9. The van der Waals surface area contributed by atoms with Crippen molar-refractivity contribution in [3.63, 3.8) is 0 Å². The van der Waals surface area contributed by atoms with Gasteiger partial charge in [-0.2, -0.15) is 0 Å². The molecule has 0 bridgehead atoms. The van der Waals surface area contributed by atoms with Crippen LogP contribution in [0, 0.1) is 11.3 Å². The molecule has 2 aliphatic rings. The number of carbonyl (C=O) groups is 1. The Morgan fingerprint density at radius 1 is 1.41 bits per heavy atom. The summed E-state index contributed by atoms with van der Waals surface area (Å²) in [6.45, 7) is 12.8. The van der Waals surface area contributed by atoms with Gasteiger partial charge in [-0.3, -0.25) is 0 Å². The first-order valence-electron chi connectivity index (χ1n) is 8.42. The van der Waals surface area contributed by atoms with Crippen molar-refractivity contribution in [1.29, 1.82) is 0 Å². The summed E-state index contributed by atoms with van der Waals surface area (Å²) < 4.78 is 11.2. The monoisotopic (exact) mass is 312 g/mol. The molecule has 3 atom stereocenters. The van der Waals surface area contributed by atoms with Gasteiger partial charge in [0.1, 0.15) is 5.60 Å². The van der Waals surface area contributed by atoms with Crippen molar-refractivity contribution in [2.24, 2.45) is 11.3 Å². The molecule has 128 valence electrons. The van der Waals surface area contributed by atoms with Crippen molar-refractivity contribution < 1.29 is 14.3 Å². The standard InChI is InChI=1S/C17H32N2O3/c1-16(2,3)22-15(20)19(6)10-7-9-18-13-12-8-11-21-14(12)17(13,4)5/h12-14,18H,7-11H2,1-6H3. The van der Waals surface area contributed by atoms with Gasteiger partial charge in [0.2, 0.25) is 0 Å². The number of amides is 1. The molecule has 0 radical (unpaired) electrons. The quantitative estimate of drug-likeness (QED) is 0.793. The number of nitrogens with zero attached hydrogens (tertiary/aromatic N) is 1. The normalized spacial score (nSPS) is 29.6. The summed E-state index contributed by atoms with van der Waals surface area (Å²) in [4.78, 5) is 13.5. The van der Waals surface area contributed by atoms with Crippen molar-refractivity contribution >= 4 is 6.09 Å². The molecule has 3 unspecified atom stereocenters. The fourth-order valence-corrected chi connectivity index (χ4v) is 3.74. The zero-order valence-corrected chi connectivity index (χ0v) is 14.9. The molecule has 0 aromatic rings. The molecule has 1 aliphatic heterocycles. The molecule has 1 aliphatic carbocycles. The lowest BCUT2D eigenvalue weighted by Crippen LogP contribution is -2.65. The molecule has 1 heterocycles. The van der Waals surface area contributed by atoms with Gasteiger partial charge in [0.15, 0.2) is 0 Å². The van der Waals surface area contributed by atoms with Crippen LogP contribution in [0.4, 0.5) is 4.79 Å². The van der Waals surface area contributed by atoms with Crippen LogP contribution in [-0.4, -0.2) is 55.5 Å². The van der Waals surface area contributed by atoms with E-state index in [-0.39, 0.29) is 11.5 Å². The highest BCUT2D eigenvalue weighted by Crippen LogP contribution is 2.51. The van der Waals surface area contributed by atoms with Gasteiger partial charge in [-0.25, -0.2) is 4.79 Å². The van der Waals surface area contributed by atoms with Crippen LogP contribution in [0.25, 0.3) is 0 Å². The van der Waals surface area contributed by atoms with Gasteiger partial charge in [-0.1, -0.05) is 13.8 Å². The molecule has 1 saturated heterocycles. The van der Waals surface area contributed by atoms with Gasteiger partial charge in [0.05, 0.1) is 6.10 Å². The third-order valence-electron chi connectivity index (χ3n) is 4.84. The van der Waals surface area contributed by atoms with E-state index < -0.39 is 5.60 Å². The lowest BCUT2D eigenvalue weighted by Gasteiger charge is -2.55. The SMILES string of the molecule is CN(CCCNC1C2CCOC2C1(C)C)C(=O)OC(C)(C)C. The van der Waals surface area contributed by atoms with E-state index >= 15 is 0 Å². The molecule has 0 aromatic carbocycles. The van der Waals surface area contributed by atoms with E-state index in [1.165, 1.54) is 6.42 Å². The number of carbonyl (C=O) groups excluding carboxylic acids is 1. The lowest BCUT2D eigenvalue weighted by molar-refractivity contribution is -0.112. The van der Waals surface area contributed by atoms with Crippen LogP contribution >= 0.6 is 0 Å². The summed E-state index contributed by atoms with van der Waals surface area (Å²) in [7, 11) is 1.79. The molecule has 0 spiro atoms. The second-order valence-electron chi connectivity index (χ2n) is 8.25. The lowest BCUT2D eigenvalue weighted by atomic mass is 9.57. The van der Waals surface area contributed by atoms with E-state index in [1.54, 1.807) is 11.9 Å². The van der Waals surface area contributed by atoms with Crippen LogP contribution < -0.4 is 5.32 Å². The fourth-order valence-electron chi connectivity index (χ4n) is 3.74. The highest BCUT2D eigenvalue weighted by molar-refractivity contribution is 5.67. The first-order valence-corrected chi connectivity index (χ1v) is 8.42. The number of hydrogen-bond donors (Lipinski definition) is 1. The first kappa shape index (κ1) is 17.5. The van der Waals surface area contributed by atoms with Gasteiger partial charge in [0, 0.05) is 37.6 Å². The van der Waals surface area contributed by atoms with Gasteiger partial charge in [-0.15, -0.1) is 0 Å². The summed E-state index contributed by atoms with van der Waals surface area (Å²) in [6.07, 6.45) is 2.28. The van der Waals surface area contributed by atoms with Gasteiger partial charge in [-0.05, 0) is 40.2 Å². The number of nitrogens with one attached hydrogen (secondary N) is 1. The molecule has 0 aromatic heterocycles. The predicted octanol–water partition coefficient (Wildman–Crippen LogP) is 2.65. The zero-order chi connectivity index (χ0) is 16.5. The third kappa shape index (κ3) is 3.74. The predicted molar refractivity (Wildman–Crippen MR) is 86.9 cm³/mol. The number of fused-ring (bicyclic) bond motifs is 1. The van der Waals surface area contributed by atoms with E-state index in [0.717, 1.165) is 19.6 Å². The fraction of sp³-hybridized carbons (Fsp3) is 0.941. The van der Waals surface area contributed by atoms with E-state index in [9.17, 15) is 4.79 Å². The Labute approximate surface area is 134 Å². The molecular formula is C17H32N2O3. The summed E-state index contributed by atoms with van der Waals surface area (Å²) in [5.74, 6) is 0.665. The Morgan fingerprint density at radius 3 is 2.73 bits per heavy atom. The topological polar surface area (TPSA) is 50.8 Å². The van der Waals surface area contributed by atoms with Crippen LogP contribution in [0.2, 0.25) is 0 Å². The second-order valence-corrected chi connectivity index (χ2v) is 8.25. The van der Waals surface area contributed by atoms with E-state index in [0.29, 0.717) is 24.6 Å². The molecule has 5 nitrogen and oxygen atoms in total. The Bertz CT molecular complexity index is 403. The maximum atomic E-state index is 11.9. The van der Waals surface area contributed by atoms with E-state index in [2.05, 4.69) is 19.2 Å². The summed E-state index contributed by atoms with van der Waals surface area (Å²) in [5.41, 5.74) is -0.213. The first-order chi connectivity index (χ1) is 10.1. The van der Waals surface area contributed by atoms with E-state index in [4.69, 9.17) is 9.47 Å². The number of ether oxygens (including phenoxy) is 2. The summed E-state index contributed by atoms with van der Waals surface area (Å²) in [6, 6.07) is 0.534. The maximum absolute atomic E-state index is 11.9. The molecular weight excluding hydrogens is 280 g/mol. The van der Waals surface area contributed by atoms with Crippen LogP contribution in [0.1, 0.15) is 47.5 Å². The minimum atomic E-state index is -0.433. The number of rotatable bonds is 5. The highest BCUT2D eigenvalue weighted by Gasteiger charge is 2.58. The van der Waals surface area contributed by atoms with Crippen molar-refractivity contribution in [2.75, 3.05) is 26.7 Å². The van der Waals surface area contributed by atoms with Crippen molar-refractivity contribution in [3.05, 3.63) is 0 Å².